The van der Waals surface area contributed by atoms with Crippen LogP contribution in [0.1, 0.15) is 30.6 Å². The van der Waals surface area contributed by atoms with Gasteiger partial charge in [0.05, 0.1) is 13.0 Å². The minimum Gasteiger partial charge on any atom is -0.348 e. The van der Waals surface area contributed by atoms with Crippen LogP contribution in [0.15, 0.2) is 47.1 Å². The number of benzene rings is 1. The molecular weight excluding hydrogens is 392 g/mol. The molecule has 3 heterocycles. The van der Waals surface area contributed by atoms with Crippen LogP contribution in [-0.4, -0.2) is 30.6 Å². The summed E-state index contributed by atoms with van der Waals surface area (Å²) >= 11 is 5.87. The third kappa shape index (κ3) is 4.43. The van der Waals surface area contributed by atoms with Crippen LogP contribution in [0.5, 0.6) is 0 Å². The van der Waals surface area contributed by atoms with Gasteiger partial charge in [-0.2, -0.15) is 4.98 Å². The second kappa shape index (κ2) is 8.40. The monoisotopic (exact) mass is 410 g/mol. The molecule has 0 spiro atoms. The molecule has 0 aliphatic heterocycles. The minimum atomic E-state index is -0.102. The van der Waals surface area contributed by atoms with E-state index in [2.05, 4.69) is 32.6 Å². The standard InChI is InChI=1S/C20H19ClN6O2/c1-2-3-16-23-20(29-26-16)14-8-9-27-17(11-14)24-25-18(27)12-22-19(28)10-13-4-6-15(21)7-5-13/h4-9,11H,2-3,10,12H2,1H3,(H,22,28). The van der Waals surface area contributed by atoms with E-state index in [1.807, 2.05) is 34.9 Å². The molecule has 1 N–H and O–H groups in total. The summed E-state index contributed by atoms with van der Waals surface area (Å²) in [7, 11) is 0. The zero-order valence-electron chi connectivity index (χ0n) is 15.8. The average molecular weight is 411 g/mol. The predicted molar refractivity (Wildman–Crippen MR) is 107 cm³/mol. The predicted octanol–water partition coefficient (Wildman–Crippen LogP) is 3.24. The van der Waals surface area contributed by atoms with E-state index in [1.165, 1.54) is 0 Å². The number of hydrogen-bond acceptors (Lipinski definition) is 6. The van der Waals surface area contributed by atoms with Crippen LogP contribution in [-0.2, 0) is 24.2 Å². The summed E-state index contributed by atoms with van der Waals surface area (Å²) in [5, 5.41) is 15.8. The number of halogens is 1. The van der Waals surface area contributed by atoms with E-state index >= 15 is 0 Å². The van der Waals surface area contributed by atoms with Gasteiger partial charge in [0.25, 0.3) is 5.89 Å². The van der Waals surface area contributed by atoms with Gasteiger partial charge in [-0.05, 0) is 36.2 Å². The fourth-order valence-corrected chi connectivity index (χ4v) is 3.04. The van der Waals surface area contributed by atoms with Gasteiger partial charge in [-0.25, -0.2) is 0 Å². The molecule has 4 aromatic rings. The highest BCUT2D eigenvalue weighted by atomic mass is 35.5. The van der Waals surface area contributed by atoms with E-state index in [0.717, 1.165) is 24.0 Å². The molecule has 1 aromatic carbocycles. The molecule has 0 aliphatic rings. The first-order valence-electron chi connectivity index (χ1n) is 9.30. The normalized spacial score (nSPS) is 11.1. The number of nitrogens with zero attached hydrogens (tertiary/aromatic N) is 5. The number of hydrogen-bond donors (Lipinski definition) is 1. The first-order valence-corrected chi connectivity index (χ1v) is 9.68. The van der Waals surface area contributed by atoms with E-state index in [9.17, 15) is 4.79 Å². The third-order valence-corrected chi connectivity index (χ3v) is 4.64. The van der Waals surface area contributed by atoms with Crippen molar-refractivity contribution >= 4 is 23.2 Å². The quantitative estimate of drug-likeness (QED) is 0.502. The first-order chi connectivity index (χ1) is 14.1. The Bertz CT molecular complexity index is 1140. The highest BCUT2D eigenvalue weighted by molar-refractivity contribution is 6.30. The van der Waals surface area contributed by atoms with Crippen molar-refractivity contribution in [3.8, 4) is 11.5 Å². The minimum absolute atomic E-state index is 0.102. The second-order valence-electron chi connectivity index (χ2n) is 6.61. The number of aromatic nitrogens is 5. The third-order valence-electron chi connectivity index (χ3n) is 4.39. The van der Waals surface area contributed by atoms with Crippen LogP contribution in [0.2, 0.25) is 5.02 Å². The van der Waals surface area contributed by atoms with E-state index in [4.69, 9.17) is 16.1 Å². The SMILES string of the molecule is CCCc1noc(-c2ccn3c(CNC(=O)Cc4ccc(Cl)cc4)nnc3c2)n1. The Morgan fingerprint density at radius 2 is 2.03 bits per heavy atom. The number of pyridine rings is 1. The highest BCUT2D eigenvalue weighted by Crippen LogP contribution is 2.19. The molecule has 0 radical (unpaired) electrons. The van der Waals surface area contributed by atoms with Crippen LogP contribution in [0.25, 0.3) is 17.1 Å². The number of fused-ring (bicyclic) bond motifs is 1. The number of carbonyl (C=O) groups excluding carboxylic acids is 1. The van der Waals surface area contributed by atoms with E-state index in [0.29, 0.717) is 28.2 Å². The van der Waals surface area contributed by atoms with Gasteiger partial charge in [-0.1, -0.05) is 35.8 Å². The van der Waals surface area contributed by atoms with Gasteiger partial charge in [0.1, 0.15) is 0 Å². The Labute approximate surface area is 171 Å². The lowest BCUT2D eigenvalue weighted by Crippen LogP contribution is -2.25. The number of carbonyl (C=O) groups is 1. The lowest BCUT2D eigenvalue weighted by atomic mass is 10.1. The van der Waals surface area contributed by atoms with Gasteiger partial charge in [-0.15, -0.1) is 10.2 Å². The molecule has 0 fully saturated rings. The van der Waals surface area contributed by atoms with Crippen molar-refractivity contribution in [2.45, 2.75) is 32.7 Å². The summed E-state index contributed by atoms with van der Waals surface area (Å²) in [6, 6.07) is 10.9. The van der Waals surface area contributed by atoms with Crippen molar-refractivity contribution in [1.29, 1.82) is 0 Å². The molecule has 0 atom stereocenters. The van der Waals surface area contributed by atoms with Gasteiger partial charge in [0.2, 0.25) is 5.91 Å². The summed E-state index contributed by atoms with van der Waals surface area (Å²) in [4.78, 5) is 16.6. The maximum absolute atomic E-state index is 12.2. The molecular formula is C20H19ClN6O2. The molecule has 0 saturated carbocycles. The lowest BCUT2D eigenvalue weighted by molar-refractivity contribution is -0.120. The van der Waals surface area contributed by atoms with Gasteiger partial charge in [0.15, 0.2) is 17.3 Å². The Morgan fingerprint density at radius 3 is 2.83 bits per heavy atom. The van der Waals surface area contributed by atoms with Crippen molar-refractivity contribution in [1.82, 2.24) is 30.1 Å². The topological polar surface area (TPSA) is 98.2 Å². The van der Waals surface area contributed by atoms with Gasteiger partial charge in [0, 0.05) is 23.2 Å². The van der Waals surface area contributed by atoms with Crippen LogP contribution < -0.4 is 5.32 Å². The summed E-state index contributed by atoms with van der Waals surface area (Å²) < 4.78 is 7.13. The maximum atomic E-state index is 12.2. The zero-order valence-corrected chi connectivity index (χ0v) is 16.6. The number of rotatable bonds is 7. The van der Waals surface area contributed by atoms with E-state index in [1.54, 1.807) is 12.1 Å². The Balaban J connectivity index is 1.43. The molecule has 0 unspecified atom stereocenters. The van der Waals surface area contributed by atoms with Crippen LogP contribution >= 0.6 is 11.6 Å². The molecule has 0 aliphatic carbocycles. The summed E-state index contributed by atoms with van der Waals surface area (Å²) in [6.07, 6.45) is 3.83. The molecule has 4 rings (SSSR count). The molecule has 0 bridgehead atoms. The van der Waals surface area contributed by atoms with Gasteiger partial charge >= 0.3 is 0 Å². The van der Waals surface area contributed by atoms with Crippen molar-refractivity contribution in [3.05, 3.63) is 64.8 Å². The number of aryl methyl sites for hydroxylation is 1. The first kappa shape index (κ1) is 19.1. The van der Waals surface area contributed by atoms with Gasteiger partial charge in [-0.3, -0.25) is 9.20 Å². The number of nitrogens with one attached hydrogen (secondary N) is 1. The van der Waals surface area contributed by atoms with Gasteiger partial charge < -0.3 is 9.84 Å². The van der Waals surface area contributed by atoms with E-state index in [-0.39, 0.29) is 18.9 Å². The Hall–Kier alpha value is -3.26. The van der Waals surface area contributed by atoms with Crippen LogP contribution in [0, 0.1) is 0 Å². The van der Waals surface area contributed by atoms with E-state index < -0.39 is 0 Å². The zero-order chi connectivity index (χ0) is 20.2. The van der Waals surface area contributed by atoms with Crippen molar-refractivity contribution < 1.29 is 9.32 Å². The smallest absolute Gasteiger partial charge is 0.258 e. The fraction of sp³-hybridized carbons (Fsp3) is 0.250. The largest absolute Gasteiger partial charge is 0.348 e. The molecule has 3 aromatic heterocycles. The fourth-order valence-electron chi connectivity index (χ4n) is 2.92. The van der Waals surface area contributed by atoms with Crippen LogP contribution in [0.4, 0.5) is 0 Å². The number of amides is 1. The molecule has 148 valence electrons. The molecule has 8 nitrogen and oxygen atoms in total. The molecule has 0 saturated heterocycles. The Kier molecular flexibility index (Phi) is 5.53. The summed E-state index contributed by atoms with van der Waals surface area (Å²) in [5.41, 5.74) is 2.31. The average Bonchev–Trinajstić information content (AvgIpc) is 3.35. The molecule has 29 heavy (non-hydrogen) atoms. The maximum Gasteiger partial charge on any atom is 0.258 e. The van der Waals surface area contributed by atoms with Crippen molar-refractivity contribution in [2.24, 2.45) is 0 Å². The van der Waals surface area contributed by atoms with Crippen LogP contribution in [0.3, 0.4) is 0 Å². The molecule has 9 heteroatoms. The second-order valence-corrected chi connectivity index (χ2v) is 7.04. The molecule has 1 amide bonds. The lowest BCUT2D eigenvalue weighted by Gasteiger charge is -2.05. The van der Waals surface area contributed by atoms with Crippen molar-refractivity contribution in [2.75, 3.05) is 0 Å². The Morgan fingerprint density at radius 1 is 1.21 bits per heavy atom. The highest BCUT2D eigenvalue weighted by Gasteiger charge is 2.12. The summed E-state index contributed by atoms with van der Waals surface area (Å²) in [6.45, 7) is 2.34. The van der Waals surface area contributed by atoms with Crippen molar-refractivity contribution in [3.63, 3.8) is 0 Å². The summed E-state index contributed by atoms with van der Waals surface area (Å²) in [5.74, 6) is 1.67.